The highest BCUT2D eigenvalue weighted by Crippen LogP contribution is 2.49. The van der Waals surface area contributed by atoms with E-state index in [0.29, 0.717) is 0 Å². The molecule has 10 aromatic rings. The van der Waals surface area contributed by atoms with Crippen LogP contribution in [0.1, 0.15) is 22.3 Å². The van der Waals surface area contributed by atoms with Gasteiger partial charge in [-0.1, -0.05) is 121 Å². The summed E-state index contributed by atoms with van der Waals surface area (Å²) in [5.74, 6) is 0. The second kappa shape index (κ2) is 12.5. The number of hydrogen-bond acceptors (Lipinski definition) is 2. The number of anilines is 6. The maximum Gasteiger partial charge on any atom is 0.0540 e. The van der Waals surface area contributed by atoms with E-state index in [1.165, 1.54) is 98.9 Å². The van der Waals surface area contributed by atoms with Gasteiger partial charge in [0.25, 0.3) is 0 Å². The summed E-state index contributed by atoms with van der Waals surface area (Å²) >= 11 is 0. The summed E-state index contributed by atoms with van der Waals surface area (Å²) in [6.07, 6.45) is 0. The predicted octanol–water partition coefficient (Wildman–Crippen LogP) is 15.1. The summed E-state index contributed by atoms with van der Waals surface area (Å²) in [5, 5.41) is 12.4. The average molecular weight is 693 g/mol. The van der Waals surface area contributed by atoms with Gasteiger partial charge in [0.05, 0.1) is 22.7 Å². The van der Waals surface area contributed by atoms with Gasteiger partial charge in [-0.15, -0.1) is 0 Å². The van der Waals surface area contributed by atoms with Crippen molar-refractivity contribution in [1.82, 2.24) is 0 Å². The Bertz CT molecular complexity index is 2800. The van der Waals surface area contributed by atoms with Crippen LogP contribution in [-0.4, -0.2) is 0 Å². The fourth-order valence-corrected chi connectivity index (χ4v) is 8.94. The van der Waals surface area contributed by atoms with E-state index in [9.17, 15) is 0 Å². The van der Waals surface area contributed by atoms with Crippen LogP contribution in [0, 0.1) is 27.7 Å². The van der Waals surface area contributed by atoms with Crippen LogP contribution in [0.5, 0.6) is 0 Å². The van der Waals surface area contributed by atoms with Crippen molar-refractivity contribution in [2.45, 2.75) is 27.7 Å². The van der Waals surface area contributed by atoms with E-state index < -0.39 is 0 Å². The van der Waals surface area contributed by atoms with E-state index in [1.54, 1.807) is 0 Å². The topological polar surface area (TPSA) is 6.48 Å². The Labute approximate surface area is 316 Å². The molecule has 258 valence electrons. The molecule has 2 heteroatoms. The molecular formula is C52H40N2. The molecule has 0 amide bonds. The van der Waals surface area contributed by atoms with E-state index in [1.807, 2.05) is 0 Å². The molecule has 0 saturated carbocycles. The Morgan fingerprint density at radius 3 is 1.06 bits per heavy atom. The molecule has 54 heavy (non-hydrogen) atoms. The lowest BCUT2D eigenvalue weighted by Gasteiger charge is -2.31. The molecule has 0 fully saturated rings. The van der Waals surface area contributed by atoms with Crippen molar-refractivity contribution in [3.63, 3.8) is 0 Å². The van der Waals surface area contributed by atoms with Crippen molar-refractivity contribution < 1.29 is 0 Å². The van der Waals surface area contributed by atoms with Gasteiger partial charge in [0.15, 0.2) is 0 Å². The first-order chi connectivity index (χ1) is 26.4. The molecule has 0 N–H and O–H groups in total. The van der Waals surface area contributed by atoms with Crippen LogP contribution >= 0.6 is 0 Å². The van der Waals surface area contributed by atoms with E-state index in [-0.39, 0.29) is 0 Å². The molecule has 0 aliphatic rings. The fourth-order valence-electron chi connectivity index (χ4n) is 8.94. The number of hydrogen-bond donors (Lipinski definition) is 0. The standard InChI is InChI=1S/C52H40N2/c1-33-27-34(2)30-41(29-33)53(47-17-9-13-37-11-5-7-15-43(37)47)49-25-21-39-20-24-46-50(26-22-40-19-23-45(49)51(39)52(40)46)54(42-31-35(3)28-36(4)32-42)48-18-10-14-38-12-6-8-16-44(38)48/h5-32H,1-4H3. The van der Waals surface area contributed by atoms with Gasteiger partial charge in [-0.05, 0) is 131 Å². The lowest BCUT2D eigenvalue weighted by molar-refractivity contribution is 1.27. The third-order valence-corrected chi connectivity index (χ3v) is 11.0. The maximum atomic E-state index is 2.48. The van der Waals surface area contributed by atoms with Crippen LogP contribution < -0.4 is 9.80 Å². The van der Waals surface area contributed by atoms with Crippen molar-refractivity contribution >= 4 is 88.0 Å². The normalized spacial score (nSPS) is 11.7. The summed E-state index contributed by atoms with van der Waals surface area (Å²) in [6.45, 7) is 8.78. The molecule has 0 unspecified atom stereocenters. The minimum absolute atomic E-state index is 1.16. The van der Waals surface area contributed by atoms with Gasteiger partial charge in [-0.25, -0.2) is 0 Å². The van der Waals surface area contributed by atoms with Crippen LogP contribution in [0.25, 0.3) is 53.9 Å². The minimum Gasteiger partial charge on any atom is -0.309 e. The van der Waals surface area contributed by atoms with Crippen molar-refractivity contribution in [3.05, 3.63) is 192 Å². The van der Waals surface area contributed by atoms with Crippen molar-refractivity contribution in [1.29, 1.82) is 0 Å². The zero-order valence-electron chi connectivity index (χ0n) is 31.1. The van der Waals surface area contributed by atoms with Crippen molar-refractivity contribution in [3.8, 4) is 0 Å². The van der Waals surface area contributed by atoms with Crippen LogP contribution in [0.15, 0.2) is 170 Å². The fraction of sp³-hybridized carbons (Fsp3) is 0.0769. The van der Waals surface area contributed by atoms with E-state index in [0.717, 1.165) is 11.4 Å². The second-order valence-electron chi connectivity index (χ2n) is 15.0. The highest BCUT2D eigenvalue weighted by Gasteiger charge is 2.23. The molecule has 0 aliphatic heterocycles. The molecule has 0 radical (unpaired) electrons. The van der Waals surface area contributed by atoms with Gasteiger partial charge in [-0.3, -0.25) is 0 Å². The molecule has 0 saturated heterocycles. The summed E-state index contributed by atoms with van der Waals surface area (Å²) in [6, 6.07) is 63.1. The summed E-state index contributed by atoms with van der Waals surface area (Å²) in [5.41, 5.74) is 12.0. The van der Waals surface area contributed by atoms with Gasteiger partial charge in [0.1, 0.15) is 0 Å². The van der Waals surface area contributed by atoms with Crippen molar-refractivity contribution in [2.24, 2.45) is 0 Å². The van der Waals surface area contributed by atoms with Gasteiger partial charge < -0.3 is 9.80 Å². The maximum absolute atomic E-state index is 2.48. The van der Waals surface area contributed by atoms with Crippen LogP contribution in [0.4, 0.5) is 34.1 Å². The van der Waals surface area contributed by atoms with Crippen LogP contribution in [-0.2, 0) is 0 Å². The first-order valence-corrected chi connectivity index (χ1v) is 18.8. The third kappa shape index (κ3) is 5.17. The number of aryl methyl sites for hydroxylation is 4. The first-order valence-electron chi connectivity index (χ1n) is 18.8. The van der Waals surface area contributed by atoms with E-state index in [2.05, 4.69) is 207 Å². The number of nitrogens with zero attached hydrogens (tertiary/aromatic N) is 2. The molecule has 0 spiro atoms. The summed E-state index contributed by atoms with van der Waals surface area (Å²) in [7, 11) is 0. The van der Waals surface area contributed by atoms with Gasteiger partial charge in [-0.2, -0.15) is 0 Å². The van der Waals surface area contributed by atoms with E-state index >= 15 is 0 Å². The molecule has 0 atom stereocenters. The molecule has 10 rings (SSSR count). The number of benzene rings is 10. The third-order valence-electron chi connectivity index (χ3n) is 11.0. The molecular weight excluding hydrogens is 653 g/mol. The average Bonchev–Trinajstić information content (AvgIpc) is 3.17. The number of rotatable bonds is 6. The molecule has 10 aromatic carbocycles. The monoisotopic (exact) mass is 692 g/mol. The van der Waals surface area contributed by atoms with Crippen molar-refractivity contribution in [2.75, 3.05) is 9.80 Å². The molecule has 0 aliphatic carbocycles. The summed E-state index contributed by atoms with van der Waals surface area (Å²) < 4.78 is 0. The summed E-state index contributed by atoms with van der Waals surface area (Å²) in [4.78, 5) is 4.96. The first kappa shape index (κ1) is 32.0. The zero-order chi connectivity index (χ0) is 36.5. The molecule has 0 bridgehead atoms. The lowest BCUT2D eigenvalue weighted by Crippen LogP contribution is -2.12. The van der Waals surface area contributed by atoms with Gasteiger partial charge >= 0.3 is 0 Å². The molecule has 0 aromatic heterocycles. The lowest BCUT2D eigenvalue weighted by atomic mass is 9.91. The van der Waals surface area contributed by atoms with E-state index in [4.69, 9.17) is 0 Å². The van der Waals surface area contributed by atoms with Gasteiger partial charge in [0.2, 0.25) is 0 Å². The molecule has 0 heterocycles. The highest BCUT2D eigenvalue weighted by molar-refractivity contribution is 6.28. The van der Waals surface area contributed by atoms with Gasteiger partial charge in [0, 0.05) is 32.9 Å². The Kier molecular flexibility index (Phi) is 7.42. The Morgan fingerprint density at radius 1 is 0.278 bits per heavy atom. The smallest absolute Gasteiger partial charge is 0.0540 e. The Hall–Kier alpha value is -6.64. The molecule has 2 nitrogen and oxygen atoms in total. The zero-order valence-corrected chi connectivity index (χ0v) is 31.1. The minimum atomic E-state index is 1.16. The largest absolute Gasteiger partial charge is 0.309 e. The second-order valence-corrected chi connectivity index (χ2v) is 15.0. The number of fused-ring (bicyclic) bond motifs is 2. The van der Waals surface area contributed by atoms with Crippen LogP contribution in [0.3, 0.4) is 0 Å². The Balaban J connectivity index is 1.28. The Morgan fingerprint density at radius 2 is 0.630 bits per heavy atom. The predicted molar refractivity (Wildman–Crippen MR) is 233 cm³/mol. The van der Waals surface area contributed by atoms with Crippen LogP contribution in [0.2, 0.25) is 0 Å². The highest BCUT2D eigenvalue weighted by atomic mass is 15.2. The SMILES string of the molecule is Cc1cc(C)cc(N(c2cccc3ccccc23)c2ccc3ccc4c(N(c5cc(C)cc(C)c5)c5cccc6ccccc56)ccc5ccc2c3c54)c1. The quantitative estimate of drug-likeness (QED) is 0.160.